The second-order valence-corrected chi connectivity index (χ2v) is 7.74. The van der Waals surface area contributed by atoms with Gasteiger partial charge in [-0.1, -0.05) is 25.7 Å². The van der Waals surface area contributed by atoms with E-state index in [1.165, 1.54) is 77.3 Å². The Morgan fingerprint density at radius 1 is 0.960 bits per heavy atom. The third-order valence-electron chi connectivity index (χ3n) is 5.94. The number of nitrogens with zero attached hydrogens (tertiary/aromatic N) is 2. The van der Waals surface area contributed by atoms with Crippen molar-refractivity contribution in [3.63, 3.8) is 0 Å². The summed E-state index contributed by atoms with van der Waals surface area (Å²) in [5, 5.41) is 7.14. The number of nitrogens with one attached hydrogen (secondary N) is 2. The van der Waals surface area contributed by atoms with E-state index in [1.807, 2.05) is 7.05 Å². The normalized spacial score (nSPS) is 21.9. The molecule has 5 heteroatoms. The van der Waals surface area contributed by atoms with E-state index in [4.69, 9.17) is 4.74 Å². The SMILES string of the molecule is CN=C(NCCCCCOC)NCC1(N2CCCCC2)CCCCC1. The topological polar surface area (TPSA) is 48.9 Å². The second kappa shape index (κ2) is 11.7. The van der Waals surface area contributed by atoms with Crippen molar-refractivity contribution in [3.05, 3.63) is 0 Å². The van der Waals surface area contributed by atoms with E-state index in [0.29, 0.717) is 5.54 Å². The number of ether oxygens (including phenoxy) is 1. The minimum atomic E-state index is 0.356. The molecule has 2 fully saturated rings. The molecule has 5 nitrogen and oxygen atoms in total. The zero-order valence-electron chi connectivity index (χ0n) is 16.6. The van der Waals surface area contributed by atoms with Crippen molar-refractivity contribution >= 4 is 5.96 Å². The molecule has 0 spiro atoms. The van der Waals surface area contributed by atoms with Gasteiger partial charge in [0.1, 0.15) is 0 Å². The van der Waals surface area contributed by atoms with Crippen LogP contribution in [-0.4, -0.2) is 63.3 Å². The van der Waals surface area contributed by atoms with Crippen LogP contribution < -0.4 is 10.6 Å². The third kappa shape index (κ3) is 6.78. The fourth-order valence-electron chi connectivity index (χ4n) is 4.41. The first-order valence-corrected chi connectivity index (χ1v) is 10.5. The maximum absolute atomic E-state index is 5.10. The lowest BCUT2D eigenvalue weighted by Gasteiger charge is -2.48. The first kappa shape index (κ1) is 20.5. The Morgan fingerprint density at radius 3 is 2.36 bits per heavy atom. The van der Waals surface area contributed by atoms with Crippen LogP contribution in [0.15, 0.2) is 4.99 Å². The van der Waals surface area contributed by atoms with Gasteiger partial charge in [-0.05, 0) is 58.0 Å². The van der Waals surface area contributed by atoms with Gasteiger partial charge in [0.2, 0.25) is 0 Å². The average molecular weight is 353 g/mol. The third-order valence-corrected chi connectivity index (χ3v) is 5.94. The molecule has 1 saturated heterocycles. The Kier molecular flexibility index (Phi) is 9.63. The smallest absolute Gasteiger partial charge is 0.191 e. The Hall–Kier alpha value is -0.810. The highest BCUT2D eigenvalue weighted by atomic mass is 16.5. The lowest BCUT2D eigenvalue weighted by molar-refractivity contribution is 0.0368. The number of hydrogen-bond donors (Lipinski definition) is 2. The van der Waals surface area contributed by atoms with Gasteiger partial charge in [-0.25, -0.2) is 0 Å². The maximum atomic E-state index is 5.10. The van der Waals surface area contributed by atoms with Crippen LogP contribution in [0.2, 0.25) is 0 Å². The van der Waals surface area contributed by atoms with E-state index >= 15 is 0 Å². The molecule has 1 aliphatic heterocycles. The standard InChI is InChI=1S/C20H40N4O/c1-21-19(22-14-8-4-11-17-25-2)23-18-20(12-6-3-7-13-20)24-15-9-5-10-16-24/h3-18H2,1-2H3,(H2,21,22,23). The predicted molar refractivity (Wildman–Crippen MR) is 106 cm³/mol. The number of rotatable bonds is 9. The van der Waals surface area contributed by atoms with E-state index in [1.54, 1.807) is 7.11 Å². The highest BCUT2D eigenvalue weighted by Crippen LogP contribution is 2.35. The maximum Gasteiger partial charge on any atom is 0.191 e. The largest absolute Gasteiger partial charge is 0.385 e. The van der Waals surface area contributed by atoms with Crippen LogP contribution in [0.4, 0.5) is 0 Å². The summed E-state index contributed by atoms with van der Waals surface area (Å²) < 4.78 is 5.10. The number of aliphatic imine (C=N–C) groups is 1. The number of guanidine groups is 1. The Labute approximate surface area is 155 Å². The molecular weight excluding hydrogens is 312 g/mol. The fourth-order valence-corrected chi connectivity index (χ4v) is 4.41. The number of likely N-dealkylation sites (tertiary alicyclic amines) is 1. The monoisotopic (exact) mass is 352 g/mol. The lowest BCUT2D eigenvalue weighted by Crippen LogP contribution is -2.59. The molecule has 25 heavy (non-hydrogen) atoms. The van der Waals surface area contributed by atoms with E-state index in [2.05, 4.69) is 20.5 Å². The summed E-state index contributed by atoms with van der Waals surface area (Å²) in [4.78, 5) is 7.23. The van der Waals surface area contributed by atoms with Crippen molar-refractivity contribution in [3.8, 4) is 0 Å². The molecule has 0 radical (unpaired) electrons. The molecule has 0 aromatic rings. The van der Waals surface area contributed by atoms with E-state index < -0.39 is 0 Å². The summed E-state index contributed by atoms with van der Waals surface area (Å²) in [7, 11) is 3.65. The van der Waals surface area contributed by atoms with Crippen LogP contribution in [0.1, 0.15) is 70.6 Å². The summed E-state index contributed by atoms with van der Waals surface area (Å²) in [6.45, 7) is 5.46. The number of unbranched alkanes of at least 4 members (excludes halogenated alkanes) is 2. The first-order valence-electron chi connectivity index (χ1n) is 10.5. The summed E-state index contributed by atoms with van der Waals surface area (Å²) in [6, 6.07) is 0. The molecule has 1 heterocycles. The Balaban J connectivity index is 1.77. The lowest BCUT2D eigenvalue weighted by atomic mass is 9.79. The van der Waals surface area contributed by atoms with Crippen molar-refractivity contribution in [2.75, 3.05) is 46.9 Å². The van der Waals surface area contributed by atoms with Crippen LogP contribution in [0, 0.1) is 0 Å². The molecule has 1 aliphatic carbocycles. The van der Waals surface area contributed by atoms with E-state index in [9.17, 15) is 0 Å². The molecular formula is C20H40N4O. The van der Waals surface area contributed by atoms with Crippen LogP contribution in [0.3, 0.4) is 0 Å². The summed E-state index contributed by atoms with van der Waals surface area (Å²) >= 11 is 0. The van der Waals surface area contributed by atoms with Gasteiger partial charge in [0.05, 0.1) is 0 Å². The van der Waals surface area contributed by atoms with Gasteiger partial charge in [0, 0.05) is 39.4 Å². The second-order valence-electron chi connectivity index (χ2n) is 7.74. The van der Waals surface area contributed by atoms with Gasteiger partial charge in [0.25, 0.3) is 0 Å². The van der Waals surface area contributed by atoms with Crippen molar-refractivity contribution in [1.29, 1.82) is 0 Å². The summed E-state index contributed by atoms with van der Waals surface area (Å²) in [5.74, 6) is 0.966. The zero-order chi connectivity index (χ0) is 17.8. The van der Waals surface area contributed by atoms with E-state index in [0.717, 1.165) is 32.1 Å². The van der Waals surface area contributed by atoms with Crippen molar-refractivity contribution in [2.24, 2.45) is 4.99 Å². The Morgan fingerprint density at radius 2 is 1.68 bits per heavy atom. The summed E-state index contributed by atoms with van der Waals surface area (Å²) in [5.41, 5.74) is 0.356. The van der Waals surface area contributed by atoms with Crippen LogP contribution in [0.25, 0.3) is 0 Å². The molecule has 146 valence electrons. The fraction of sp³-hybridized carbons (Fsp3) is 0.950. The number of hydrogen-bond acceptors (Lipinski definition) is 3. The van der Waals surface area contributed by atoms with Gasteiger partial charge in [-0.3, -0.25) is 9.89 Å². The Bertz CT molecular complexity index is 374. The van der Waals surface area contributed by atoms with Crippen LogP contribution in [-0.2, 0) is 4.74 Å². The molecule has 0 amide bonds. The molecule has 2 aliphatic rings. The van der Waals surface area contributed by atoms with Gasteiger partial charge in [-0.2, -0.15) is 0 Å². The minimum Gasteiger partial charge on any atom is -0.385 e. The van der Waals surface area contributed by atoms with Crippen molar-refractivity contribution in [2.45, 2.75) is 76.2 Å². The zero-order valence-corrected chi connectivity index (χ0v) is 16.6. The molecule has 0 bridgehead atoms. The average Bonchev–Trinajstić information content (AvgIpc) is 2.68. The quantitative estimate of drug-likeness (QED) is 0.380. The first-order chi connectivity index (χ1) is 12.3. The molecule has 0 unspecified atom stereocenters. The number of piperidine rings is 1. The highest BCUT2D eigenvalue weighted by Gasteiger charge is 2.38. The van der Waals surface area contributed by atoms with Gasteiger partial charge >= 0.3 is 0 Å². The summed E-state index contributed by atoms with van der Waals surface area (Å²) in [6.07, 6.45) is 14.5. The minimum absolute atomic E-state index is 0.356. The van der Waals surface area contributed by atoms with E-state index in [-0.39, 0.29) is 0 Å². The molecule has 0 atom stereocenters. The predicted octanol–water partition coefficient (Wildman–Crippen LogP) is 3.16. The van der Waals surface area contributed by atoms with Gasteiger partial charge in [-0.15, -0.1) is 0 Å². The van der Waals surface area contributed by atoms with Crippen molar-refractivity contribution < 1.29 is 4.74 Å². The molecule has 0 aromatic carbocycles. The van der Waals surface area contributed by atoms with Gasteiger partial charge < -0.3 is 15.4 Å². The molecule has 2 N–H and O–H groups in total. The van der Waals surface area contributed by atoms with Crippen molar-refractivity contribution in [1.82, 2.24) is 15.5 Å². The van der Waals surface area contributed by atoms with Crippen LogP contribution in [0.5, 0.6) is 0 Å². The van der Waals surface area contributed by atoms with Crippen LogP contribution >= 0.6 is 0 Å². The van der Waals surface area contributed by atoms with Gasteiger partial charge in [0.15, 0.2) is 5.96 Å². The molecule has 2 rings (SSSR count). The molecule has 0 aromatic heterocycles. The highest BCUT2D eigenvalue weighted by molar-refractivity contribution is 5.79. The molecule has 1 saturated carbocycles. The number of methoxy groups -OCH3 is 1.